The largest absolute Gasteiger partial charge is 0.367 e. The summed E-state index contributed by atoms with van der Waals surface area (Å²) >= 11 is 1.63. The van der Waals surface area contributed by atoms with Gasteiger partial charge in [0.25, 0.3) is 0 Å². The number of anilines is 1. The normalized spacial score (nSPS) is 12.4. The molecule has 0 saturated carbocycles. The molecule has 1 aromatic carbocycles. The number of hydrogen-bond donors (Lipinski definition) is 2. The third-order valence-corrected chi connectivity index (χ3v) is 9.46. The Balaban J connectivity index is 1.66. The van der Waals surface area contributed by atoms with Crippen molar-refractivity contribution in [1.82, 2.24) is 15.0 Å². The highest BCUT2D eigenvalue weighted by molar-refractivity contribution is 7.18. The third-order valence-electron chi connectivity index (χ3n) is 5.74. The second-order valence-corrected chi connectivity index (χ2v) is 13.3. The number of nitrogens with two attached hydrogens (primary N) is 1. The van der Waals surface area contributed by atoms with Crippen molar-refractivity contribution in [2.45, 2.75) is 44.8 Å². The number of rotatable bonds is 6. The van der Waals surface area contributed by atoms with Crippen LogP contribution in [0.3, 0.4) is 0 Å². The smallest absolute Gasteiger partial charge is 0.162 e. The van der Waals surface area contributed by atoms with Crippen molar-refractivity contribution in [3.8, 4) is 22.9 Å². The zero-order chi connectivity index (χ0) is 24.1. The first kappa shape index (κ1) is 24.1. The van der Waals surface area contributed by atoms with E-state index in [9.17, 15) is 0 Å². The first-order valence-corrected chi connectivity index (χ1v) is 14.3. The van der Waals surface area contributed by atoms with Gasteiger partial charge in [-0.25, -0.2) is 9.97 Å². The number of thiophene rings is 1. The molecule has 0 fully saturated rings. The Hall–Kier alpha value is -3.05. The molecule has 0 unspecified atom stereocenters. The highest BCUT2D eigenvalue weighted by atomic mass is 32.1. The third kappa shape index (κ3) is 5.89. The molecule has 3 N–H and O–H groups in total. The predicted octanol–water partition coefficient (Wildman–Crippen LogP) is 5.55. The van der Waals surface area contributed by atoms with E-state index in [-0.39, 0.29) is 11.1 Å². The standard InChI is InChI=1S/C27H30N5SSi/c1-27(2,3)34(4)15-12-21-18-33-24-23(21)31-25(20-10-13-29-14-11-20)32-26(24)30-17-22(28)16-19-8-6-5-7-9-19/h5-11,13-14,18,22H,16-17,28H2,1-4H3,(H,30,31,32)/t22-/m0/s1. The fourth-order valence-corrected chi connectivity index (χ4v) is 4.92. The van der Waals surface area contributed by atoms with E-state index in [4.69, 9.17) is 15.7 Å². The second kappa shape index (κ2) is 10.5. The molecule has 34 heavy (non-hydrogen) atoms. The molecular weight excluding hydrogens is 454 g/mol. The number of fused-ring (bicyclic) bond motifs is 1. The maximum absolute atomic E-state index is 6.44. The van der Waals surface area contributed by atoms with Gasteiger partial charge in [-0.2, -0.15) is 0 Å². The lowest BCUT2D eigenvalue weighted by Crippen LogP contribution is -2.31. The summed E-state index contributed by atoms with van der Waals surface area (Å²) in [5, 5.41) is 5.81. The van der Waals surface area contributed by atoms with Gasteiger partial charge in [-0.15, -0.1) is 16.9 Å². The summed E-state index contributed by atoms with van der Waals surface area (Å²) in [4.78, 5) is 13.9. The minimum absolute atomic E-state index is 0.0342. The number of nitrogens with zero attached hydrogens (tertiary/aromatic N) is 3. The van der Waals surface area contributed by atoms with Gasteiger partial charge in [0.1, 0.15) is 20.1 Å². The molecule has 0 amide bonds. The zero-order valence-corrected chi connectivity index (χ0v) is 21.9. The number of pyridine rings is 1. The minimum Gasteiger partial charge on any atom is -0.367 e. The molecule has 7 heteroatoms. The highest BCUT2D eigenvalue weighted by Gasteiger charge is 2.21. The number of nitrogens with one attached hydrogen (secondary N) is 1. The van der Waals surface area contributed by atoms with Crippen molar-refractivity contribution in [2.24, 2.45) is 5.73 Å². The van der Waals surface area contributed by atoms with Gasteiger partial charge in [0.2, 0.25) is 0 Å². The Morgan fingerprint density at radius 1 is 1.09 bits per heavy atom. The van der Waals surface area contributed by atoms with E-state index < -0.39 is 8.80 Å². The first-order valence-electron chi connectivity index (χ1n) is 11.4. The lowest BCUT2D eigenvalue weighted by molar-refractivity contribution is 0.698. The molecule has 0 aliphatic heterocycles. The van der Waals surface area contributed by atoms with Crippen molar-refractivity contribution in [2.75, 3.05) is 11.9 Å². The van der Waals surface area contributed by atoms with Crippen LogP contribution in [0.1, 0.15) is 31.9 Å². The van der Waals surface area contributed by atoms with Gasteiger partial charge in [-0.3, -0.25) is 4.98 Å². The average molecular weight is 485 g/mol. The summed E-state index contributed by atoms with van der Waals surface area (Å²) in [6.45, 7) is 9.65. The van der Waals surface area contributed by atoms with E-state index in [0.29, 0.717) is 12.4 Å². The molecule has 0 spiro atoms. The second-order valence-electron chi connectivity index (χ2n) is 9.41. The molecule has 1 atom stereocenters. The summed E-state index contributed by atoms with van der Waals surface area (Å²) in [5.74, 6) is 4.89. The lowest BCUT2D eigenvalue weighted by atomic mass is 10.1. The van der Waals surface area contributed by atoms with Crippen LogP contribution >= 0.6 is 11.3 Å². The zero-order valence-electron chi connectivity index (χ0n) is 20.1. The predicted molar refractivity (Wildman–Crippen MR) is 145 cm³/mol. The molecule has 1 radical (unpaired) electrons. The molecule has 3 heterocycles. The quantitative estimate of drug-likeness (QED) is 0.277. The molecule has 173 valence electrons. The molecule has 0 aliphatic rings. The van der Waals surface area contributed by atoms with Crippen LogP contribution in [0, 0.1) is 11.5 Å². The summed E-state index contributed by atoms with van der Waals surface area (Å²) < 4.78 is 1.01. The maximum atomic E-state index is 6.44. The molecule has 0 saturated heterocycles. The SMILES string of the molecule is C[Si](C#Cc1csc2c(NC[C@@H](N)Cc3ccccc3)nc(-c3ccncc3)nc12)C(C)(C)C. The van der Waals surface area contributed by atoms with Crippen molar-refractivity contribution in [3.63, 3.8) is 0 Å². The van der Waals surface area contributed by atoms with Crippen LogP contribution in [0.2, 0.25) is 11.6 Å². The van der Waals surface area contributed by atoms with Gasteiger partial charge in [-0.1, -0.05) is 63.6 Å². The Morgan fingerprint density at radius 3 is 2.53 bits per heavy atom. The molecule has 5 nitrogen and oxygen atoms in total. The number of aromatic nitrogens is 3. The Labute approximate surface area is 207 Å². The summed E-state index contributed by atoms with van der Waals surface area (Å²) in [6.07, 6.45) is 4.32. The van der Waals surface area contributed by atoms with E-state index in [1.165, 1.54) is 5.56 Å². The van der Waals surface area contributed by atoms with Crippen LogP contribution in [0.4, 0.5) is 5.82 Å². The Bertz CT molecular complexity index is 1300. The van der Waals surface area contributed by atoms with E-state index in [1.807, 2.05) is 30.3 Å². The molecule has 4 rings (SSSR count). The Morgan fingerprint density at radius 2 is 1.82 bits per heavy atom. The van der Waals surface area contributed by atoms with Crippen LogP contribution in [-0.2, 0) is 6.42 Å². The van der Waals surface area contributed by atoms with Crippen molar-refractivity contribution in [1.29, 1.82) is 0 Å². The number of hydrogen-bond acceptors (Lipinski definition) is 6. The summed E-state index contributed by atoms with van der Waals surface area (Å²) in [6, 6.07) is 14.1. The molecule has 3 aromatic heterocycles. The minimum atomic E-state index is -0.811. The molecule has 0 bridgehead atoms. The van der Waals surface area contributed by atoms with Crippen LogP contribution in [0.15, 0.2) is 60.2 Å². The van der Waals surface area contributed by atoms with E-state index >= 15 is 0 Å². The van der Waals surface area contributed by atoms with Gasteiger partial charge >= 0.3 is 0 Å². The molecular formula is C27H30N5SSi. The van der Waals surface area contributed by atoms with Crippen molar-refractivity contribution in [3.05, 3.63) is 71.4 Å². The van der Waals surface area contributed by atoms with Gasteiger partial charge in [-0.05, 0) is 29.2 Å². The van der Waals surface area contributed by atoms with Gasteiger partial charge in [0.05, 0.1) is 10.3 Å². The van der Waals surface area contributed by atoms with Crippen LogP contribution in [0.5, 0.6) is 0 Å². The number of benzene rings is 1. The van der Waals surface area contributed by atoms with Gasteiger partial charge in [0.15, 0.2) is 5.82 Å². The van der Waals surface area contributed by atoms with E-state index in [2.05, 4.69) is 66.6 Å². The van der Waals surface area contributed by atoms with E-state index in [0.717, 1.165) is 33.6 Å². The fraction of sp³-hybridized carbons (Fsp3) is 0.296. The van der Waals surface area contributed by atoms with Gasteiger partial charge in [0, 0.05) is 35.9 Å². The van der Waals surface area contributed by atoms with Crippen LogP contribution < -0.4 is 11.1 Å². The maximum Gasteiger partial charge on any atom is 0.162 e. The molecule has 0 aliphatic carbocycles. The van der Waals surface area contributed by atoms with E-state index in [1.54, 1.807) is 23.7 Å². The molecule has 4 aromatic rings. The monoisotopic (exact) mass is 484 g/mol. The summed E-state index contributed by atoms with van der Waals surface area (Å²) in [5.41, 5.74) is 14.0. The highest BCUT2D eigenvalue weighted by Crippen LogP contribution is 2.32. The average Bonchev–Trinajstić information content (AvgIpc) is 3.24. The van der Waals surface area contributed by atoms with Crippen molar-refractivity contribution < 1.29 is 0 Å². The van der Waals surface area contributed by atoms with Crippen LogP contribution in [-0.4, -0.2) is 36.3 Å². The Kier molecular flexibility index (Phi) is 7.42. The lowest BCUT2D eigenvalue weighted by Gasteiger charge is -2.19. The topological polar surface area (TPSA) is 76.7 Å². The van der Waals surface area contributed by atoms with Crippen LogP contribution in [0.25, 0.3) is 21.6 Å². The first-order chi connectivity index (χ1) is 16.3. The van der Waals surface area contributed by atoms with Gasteiger partial charge < -0.3 is 11.1 Å². The summed E-state index contributed by atoms with van der Waals surface area (Å²) in [7, 11) is -0.811. The fourth-order valence-electron chi connectivity index (χ4n) is 3.32. The van der Waals surface area contributed by atoms with Crippen molar-refractivity contribution >= 4 is 36.2 Å².